The van der Waals surface area contributed by atoms with Gasteiger partial charge in [-0.1, -0.05) is 48.5 Å². The van der Waals surface area contributed by atoms with Gasteiger partial charge < -0.3 is 20.3 Å². The Morgan fingerprint density at radius 2 is 1.63 bits per heavy atom. The number of rotatable bonds is 6. The number of carbonyl (C=O) groups excluding carboxylic acids is 1. The van der Waals surface area contributed by atoms with Crippen molar-refractivity contribution in [1.29, 1.82) is 0 Å². The summed E-state index contributed by atoms with van der Waals surface area (Å²) in [5.74, 6) is -0.381. The quantitative estimate of drug-likeness (QED) is 0.676. The molecule has 1 atom stereocenters. The summed E-state index contributed by atoms with van der Waals surface area (Å²) in [5.41, 5.74) is -0.355. The average Bonchev–Trinajstić information content (AvgIpc) is 2.70. The van der Waals surface area contributed by atoms with E-state index in [1.165, 1.54) is 0 Å². The zero-order valence-electron chi connectivity index (χ0n) is 15.1. The van der Waals surface area contributed by atoms with E-state index in [2.05, 4.69) is 5.32 Å². The molecule has 1 saturated heterocycles. The topological polar surface area (TPSA) is 95.9 Å². The van der Waals surface area contributed by atoms with E-state index >= 15 is 0 Å². The Hall–Kier alpha value is -2.70. The molecule has 1 unspecified atom stereocenters. The van der Waals surface area contributed by atoms with Crippen LogP contribution in [0.4, 0.5) is 0 Å². The van der Waals surface area contributed by atoms with Crippen LogP contribution in [-0.4, -0.2) is 47.3 Å². The van der Waals surface area contributed by atoms with E-state index in [1.54, 1.807) is 24.3 Å². The third kappa shape index (κ3) is 6.84. The van der Waals surface area contributed by atoms with Gasteiger partial charge >= 0.3 is 5.97 Å². The van der Waals surface area contributed by atoms with Crippen molar-refractivity contribution >= 4 is 12.3 Å². The van der Waals surface area contributed by atoms with Crippen LogP contribution in [0.5, 0.6) is 5.75 Å². The summed E-state index contributed by atoms with van der Waals surface area (Å²) in [6.07, 6.45) is 0.899. The zero-order chi connectivity index (χ0) is 19.5. The van der Waals surface area contributed by atoms with Crippen molar-refractivity contribution in [1.82, 2.24) is 5.32 Å². The lowest BCUT2D eigenvalue weighted by atomic mass is 9.85. The van der Waals surface area contributed by atoms with E-state index in [4.69, 9.17) is 9.84 Å². The molecule has 0 radical (unpaired) electrons. The van der Waals surface area contributed by atoms with Crippen molar-refractivity contribution in [3.8, 4) is 5.75 Å². The van der Waals surface area contributed by atoms with Gasteiger partial charge in [-0.05, 0) is 38.1 Å². The molecule has 144 valence electrons. The van der Waals surface area contributed by atoms with Crippen molar-refractivity contribution in [3.63, 3.8) is 0 Å². The van der Waals surface area contributed by atoms with Gasteiger partial charge in [-0.25, -0.2) is 0 Å². The molecule has 2 aromatic rings. The number of carboxylic acids is 1. The maximum atomic E-state index is 11.0. The Bertz CT molecular complexity index is 699. The Morgan fingerprint density at radius 1 is 1.07 bits per heavy atom. The molecule has 3 N–H and O–H groups in total. The summed E-state index contributed by atoms with van der Waals surface area (Å²) in [5, 5.41) is 22.8. The molecule has 6 nitrogen and oxygen atoms in total. The number of aliphatic carboxylic acids is 1. The fourth-order valence-electron chi connectivity index (χ4n) is 2.88. The number of para-hydroxylation sites is 1. The Balaban J connectivity index is 0.000000273. The Labute approximate surface area is 158 Å². The molecule has 1 fully saturated rings. The first kappa shape index (κ1) is 20.6. The summed E-state index contributed by atoms with van der Waals surface area (Å²) in [6.45, 7) is 1.34. The first-order valence-electron chi connectivity index (χ1n) is 8.90. The summed E-state index contributed by atoms with van der Waals surface area (Å²) < 4.78 is 5.71. The SMILES string of the molecule is O=C(O)CC(Oc1ccccc1)C1(O)CCNCC1.O=Cc1ccccc1. The maximum Gasteiger partial charge on any atom is 0.307 e. The summed E-state index contributed by atoms with van der Waals surface area (Å²) in [4.78, 5) is 21.0. The first-order chi connectivity index (χ1) is 13.0. The molecule has 0 spiro atoms. The van der Waals surface area contributed by atoms with Crippen LogP contribution in [0.2, 0.25) is 0 Å². The number of aldehydes is 1. The molecule has 0 amide bonds. The highest BCUT2D eigenvalue weighted by molar-refractivity contribution is 5.74. The molecule has 1 aliphatic rings. The summed E-state index contributed by atoms with van der Waals surface area (Å²) in [7, 11) is 0. The number of piperidine rings is 1. The van der Waals surface area contributed by atoms with Gasteiger partial charge in [0.15, 0.2) is 0 Å². The predicted octanol–water partition coefficient (Wildman–Crippen LogP) is 2.52. The van der Waals surface area contributed by atoms with Crippen LogP contribution in [0, 0.1) is 0 Å². The average molecular weight is 371 g/mol. The van der Waals surface area contributed by atoms with Crippen molar-refractivity contribution < 1.29 is 24.5 Å². The van der Waals surface area contributed by atoms with Gasteiger partial charge in [0.25, 0.3) is 0 Å². The van der Waals surface area contributed by atoms with Gasteiger partial charge in [-0.3, -0.25) is 9.59 Å². The van der Waals surface area contributed by atoms with E-state index in [1.807, 2.05) is 36.4 Å². The normalized spacial score (nSPS) is 16.3. The van der Waals surface area contributed by atoms with Gasteiger partial charge in [0, 0.05) is 5.56 Å². The van der Waals surface area contributed by atoms with E-state index in [0.29, 0.717) is 31.7 Å². The number of carboxylic acid groups (broad SMARTS) is 1. The van der Waals surface area contributed by atoms with E-state index in [-0.39, 0.29) is 6.42 Å². The fraction of sp³-hybridized carbons (Fsp3) is 0.333. The number of nitrogens with one attached hydrogen (secondary N) is 1. The minimum absolute atomic E-state index is 0.203. The van der Waals surface area contributed by atoms with Crippen LogP contribution in [0.15, 0.2) is 60.7 Å². The lowest BCUT2D eigenvalue weighted by molar-refractivity contribution is -0.145. The van der Waals surface area contributed by atoms with E-state index in [0.717, 1.165) is 11.8 Å². The number of benzene rings is 2. The molecular formula is C21H25NO5. The second-order valence-electron chi connectivity index (χ2n) is 6.40. The maximum absolute atomic E-state index is 11.0. The van der Waals surface area contributed by atoms with Crippen molar-refractivity contribution in [2.24, 2.45) is 0 Å². The van der Waals surface area contributed by atoms with Gasteiger partial charge in [0.2, 0.25) is 0 Å². The van der Waals surface area contributed by atoms with Crippen molar-refractivity contribution in [2.75, 3.05) is 13.1 Å². The largest absolute Gasteiger partial charge is 0.487 e. The smallest absolute Gasteiger partial charge is 0.307 e. The van der Waals surface area contributed by atoms with Gasteiger partial charge in [-0.2, -0.15) is 0 Å². The number of aliphatic hydroxyl groups is 1. The highest BCUT2D eigenvalue weighted by Crippen LogP contribution is 2.28. The minimum atomic E-state index is -1.08. The predicted molar refractivity (Wildman–Crippen MR) is 102 cm³/mol. The van der Waals surface area contributed by atoms with Gasteiger partial charge in [0.05, 0.1) is 6.42 Å². The molecule has 1 heterocycles. The van der Waals surface area contributed by atoms with Crippen LogP contribution >= 0.6 is 0 Å². The number of ether oxygens (including phenoxy) is 1. The lowest BCUT2D eigenvalue weighted by Crippen LogP contribution is -2.53. The van der Waals surface area contributed by atoms with Crippen LogP contribution < -0.4 is 10.1 Å². The standard InChI is InChI=1S/C14H19NO4.C7H6O/c16-13(17)10-12(14(18)6-8-15-9-7-14)19-11-4-2-1-3-5-11;8-6-7-4-2-1-3-5-7/h1-5,12,15,18H,6-10H2,(H,16,17);1-6H. The van der Waals surface area contributed by atoms with Crippen LogP contribution in [0.3, 0.4) is 0 Å². The lowest BCUT2D eigenvalue weighted by Gasteiger charge is -2.38. The molecular weight excluding hydrogens is 346 g/mol. The Kier molecular flexibility index (Phi) is 7.98. The van der Waals surface area contributed by atoms with Crippen molar-refractivity contribution in [2.45, 2.75) is 31.0 Å². The van der Waals surface area contributed by atoms with Crippen LogP contribution in [0.1, 0.15) is 29.6 Å². The highest BCUT2D eigenvalue weighted by atomic mass is 16.5. The molecule has 1 aliphatic heterocycles. The Morgan fingerprint density at radius 3 is 2.11 bits per heavy atom. The molecule has 0 bridgehead atoms. The highest BCUT2D eigenvalue weighted by Gasteiger charge is 2.40. The van der Waals surface area contributed by atoms with Gasteiger partial charge in [-0.15, -0.1) is 0 Å². The first-order valence-corrected chi connectivity index (χ1v) is 8.90. The van der Waals surface area contributed by atoms with E-state index < -0.39 is 17.7 Å². The monoisotopic (exact) mass is 371 g/mol. The molecule has 0 aliphatic carbocycles. The third-order valence-electron chi connectivity index (χ3n) is 4.39. The molecule has 3 rings (SSSR count). The summed E-state index contributed by atoms with van der Waals surface area (Å²) in [6, 6.07) is 18.1. The molecule has 0 saturated carbocycles. The minimum Gasteiger partial charge on any atom is -0.487 e. The second kappa shape index (κ2) is 10.4. The zero-order valence-corrected chi connectivity index (χ0v) is 15.1. The number of hydrogen-bond acceptors (Lipinski definition) is 5. The molecule has 6 heteroatoms. The molecule has 0 aromatic heterocycles. The number of carbonyl (C=O) groups is 2. The third-order valence-corrected chi connectivity index (χ3v) is 4.39. The van der Waals surface area contributed by atoms with Gasteiger partial charge in [0.1, 0.15) is 23.7 Å². The molecule has 27 heavy (non-hydrogen) atoms. The second-order valence-corrected chi connectivity index (χ2v) is 6.40. The van der Waals surface area contributed by atoms with Crippen molar-refractivity contribution in [3.05, 3.63) is 66.2 Å². The fourth-order valence-corrected chi connectivity index (χ4v) is 2.88. The summed E-state index contributed by atoms with van der Waals surface area (Å²) >= 11 is 0. The van der Waals surface area contributed by atoms with Crippen LogP contribution in [-0.2, 0) is 4.79 Å². The van der Waals surface area contributed by atoms with E-state index in [9.17, 15) is 14.7 Å². The number of hydrogen-bond donors (Lipinski definition) is 3. The van der Waals surface area contributed by atoms with Crippen LogP contribution in [0.25, 0.3) is 0 Å². The molecule has 2 aromatic carbocycles.